The van der Waals surface area contributed by atoms with Gasteiger partial charge in [-0.2, -0.15) is 10.1 Å². The predicted molar refractivity (Wildman–Crippen MR) is 106 cm³/mol. The monoisotopic (exact) mass is 409 g/mol. The number of hydrogen-bond donors (Lipinski definition) is 1. The molecule has 0 atom stereocenters. The highest BCUT2D eigenvalue weighted by Crippen LogP contribution is 2.30. The number of nitrogens with zero attached hydrogens (tertiary/aromatic N) is 4. The van der Waals surface area contributed by atoms with E-state index in [1.165, 1.54) is 23.9 Å². The molecule has 0 radical (unpaired) electrons. The zero-order valence-corrected chi connectivity index (χ0v) is 16.4. The van der Waals surface area contributed by atoms with Crippen LogP contribution < -0.4 is 5.32 Å². The molecule has 1 N–H and O–H groups in total. The van der Waals surface area contributed by atoms with E-state index in [4.69, 9.17) is 4.52 Å². The minimum absolute atomic E-state index is 0.00469. The molecule has 7 nitrogen and oxygen atoms in total. The van der Waals surface area contributed by atoms with Crippen molar-refractivity contribution in [2.75, 3.05) is 5.32 Å². The molecule has 4 rings (SSSR count). The molecule has 0 aliphatic carbocycles. The topological polar surface area (TPSA) is 85.8 Å². The van der Waals surface area contributed by atoms with Crippen LogP contribution in [0.2, 0.25) is 0 Å². The Morgan fingerprint density at radius 2 is 1.93 bits per heavy atom. The molecule has 1 amide bonds. The largest absolute Gasteiger partial charge is 0.339 e. The molecule has 0 unspecified atom stereocenters. The predicted octanol–water partition coefficient (Wildman–Crippen LogP) is 4.32. The van der Waals surface area contributed by atoms with E-state index >= 15 is 0 Å². The van der Waals surface area contributed by atoms with Gasteiger partial charge in [0.25, 0.3) is 5.91 Å². The number of amides is 1. The molecule has 4 aromatic rings. The summed E-state index contributed by atoms with van der Waals surface area (Å²) in [5.74, 6) is -0.125. The SMILES string of the molecule is Cc1nc(-c2cc(Sc3ccc(NC(=O)c4ccccc4F)cc3)n(C)n2)no1. The summed E-state index contributed by atoms with van der Waals surface area (Å²) in [6, 6.07) is 15.0. The number of hydrogen-bond acceptors (Lipinski definition) is 6. The normalized spacial score (nSPS) is 10.9. The van der Waals surface area contributed by atoms with Gasteiger partial charge in [0.15, 0.2) is 0 Å². The molecule has 0 saturated heterocycles. The van der Waals surface area contributed by atoms with E-state index in [-0.39, 0.29) is 5.56 Å². The molecule has 0 spiro atoms. The quantitative estimate of drug-likeness (QED) is 0.528. The van der Waals surface area contributed by atoms with Crippen LogP contribution in [0.4, 0.5) is 10.1 Å². The number of halogens is 1. The van der Waals surface area contributed by atoms with Crippen molar-refractivity contribution in [3.63, 3.8) is 0 Å². The number of aromatic nitrogens is 4. The molecule has 0 aliphatic rings. The highest BCUT2D eigenvalue weighted by Gasteiger charge is 2.14. The van der Waals surface area contributed by atoms with Crippen molar-refractivity contribution < 1.29 is 13.7 Å². The molecule has 0 aliphatic heterocycles. The van der Waals surface area contributed by atoms with Gasteiger partial charge in [0.1, 0.15) is 11.5 Å². The molecule has 146 valence electrons. The number of anilines is 1. The maximum atomic E-state index is 13.7. The lowest BCUT2D eigenvalue weighted by atomic mass is 10.2. The van der Waals surface area contributed by atoms with Gasteiger partial charge in [-0.3, -0.25) is 9.48 Å². The van der Waals surface area contributed by atoms with Crippen molar-refractivity contribution >= 4 is 23.4 Å². The Morgan fingerprint density at radius 1 is 1.17 bits per heavy atom. The minimum atomic E-state index is -0.555. The van der Waals surface area contributed by atoms with Crippen molar-refractivity contribution in [3.05, 3.63) is 71.9 Å². The first-order valence-corrected chi connectivity index (χ1v) is 9.50. The molecule has 29 heavy (non-hydrogen) atoms. The molecular formula is C20H16FN5O2S. The van der Waals surface area contributed by atoms with Crippen molar-refractivity contribution in [2.24, 2.45) is 7.05 Å². The van der Waals surface area contributed by atoms with Gasteiger partial charge in [0, 0.05) is 30.6 Å². The van der Waals surface area contributed by atoms with Gasteiger partial charge in [-0.15, -0.1) is 0 Å². The fourth-order valence-electron chi connectivity index (χ4n) is 2.63. The van der Waals surface area contributed by atoms with Crippen LogP contribution in [0.3, 0.4) is 0 Å². The standard InChI is InChI=1S/C20H16FN5O2S/c1-12-22-19(25-28-12)17-11-18(26(2)24-17)29-14-9-7-13(8-10-14)23-20(27)15-5-3-4-6-16(15)21/h3-11H,1-2H3,(H,23,27). The van der Waals surface area contributed by atoms with Crippen LogP contribution >= 0.6 is 11.8 Å². The molecule has 0 saturated carbocycles. The molecule has 9 heteroatoms. The Bertz CT molecular complexity index is 1170. The molecule has 0 bridgehead atoms. The van der Waals surface area contributed by atoms with E-state index in [1.54, 1.807) is 35.9 Å². The second-order valence-corrected chi connectivity index (χ2v) is 7.28. The van der Waals surface area contributed by atoms with Gasteiger partial charge in [-0.05, 0) is 36.4 Å². The Morgan fingerprint density at radius 3 is 2.62 bits per heavy atom. The van der Waals surface area contributed by atoms with E-state index in [2.05, 4.69) is 20.6 Å². The summed E-state index contributed by atoms with van der Waals surface area (Å²) >= 11 is 1.50. The minimum Gasteiger partial charge on any atom is -0.339 e. The lowest BCUT2D eigenvalue weighted by Gasteiger charge is -2.07. The summed E-state index contributed by atoms with van der Waals surface area (Å²) in [4.78, 5) is 17.3. The average molecular weight is 409 g/mol. The van der Waals surface area contributed by atoms with Gasteiger partial charge < -0.3 is 9.84 Å². The summed E-state index contributed by atoms with van der Waals surface area (Å²) < 4.78 is 20.5. The van der Waals surface area contributed by atoms with Crippen LogP contribution in [0.5, 0.6) is 0 Å². The van der Waals surface area contributed by atoms with Gasteiger partial charge >= 0.3 is 0 Å². The second kappa shape index (κ2) is 7.88. The van der Waals surface area contributed by atoms with Gasteiger partial charge in [-0.1, -0.05) is 29.1 Å². The third kappa shape index (κ3) is 4.19. The summed E-state index contributed by atoms with van der Waals surface area (Å²) in [5, 5.41) is 11.9. The number of benzene rings is 2. The third-order valence-corrected chi connectivity index (χ3v) is 5.15. The van der Waals surface area contributed by atoms with Gasteiger partial charge in [0.05, 0.1) is 10.6 Å². The first-order valence-electron chi connectivity index (χ1n) is 8.68. The van der Waals surface area contributed by atoms with Crippen LogP contribution in [0.1, 0.15) is 16.2 Å². The number of carbonyl (C=O) groups excluding carboxylic acids is 1. The second-order valence-electron chi connectivity index (χ2n) is 6.19. The Balaban J connectivity index is 1.45. The van der Waals surface area contributed by atoms with Crippen LogP contribution in [-0.4, -0.2) is 25.8 Å². The zero-order chi connectivity index (χ0) is 20.4. The van der Waals surface area contributed by atoms with Crippen molar-refractivity contribution in [2.45, 2.75) is 16.8 Å². The third-order valence-electron chi connectivity index (χ3n) is 4.05. The van der Waals surface area contributed by atoms with Crippen molar-refractivity contribution in [1.29, 1.82) is 0 Å². The highest BCUT2D eigenvalue weighted by atomic mass is 32.2. The van der Waals surface area contributed by atoms with Crippen molar-refractivity contribution in [3.8, 4) is 11.5 Å². The molecule has 2 heterocycles. The smallest absolute Gasteiger partial charge is 0.258 e. The molecule has 2 aromatic heterocycles. The van der Waals surface area contributed by atoms with E-state index in [0.29, 0.717) is 23.1 Å². The van der Waals surface area contributed by atoms with E-state index in [1.807, 2.05) is 25.2 Å². The Kier molecular flexibility index (Phi) is 5.13. The molecule has 2 aromatic carbocycles. The zero-order valence-electron chi connectivity index (χ0n) is 15.6. The van der Waals surface area contributed by atoms with Crippen molar-refractivity contribution in [1.82, 2.24) is 19.9 Å². The lowest BCUT2D eigenvalue weighted by Crippen LogP contribution is -2.13. The summed E-state index contributed by atoms with van der Waals surface area (Å²) in [7, 11) is 1.84. The number of carbonyl (C=O) groups is 1. The van der Waals surface area contributed by atoms with E-state index < -0.39 is 11.7 Å². The lowest BCUT2D eigenvalue weighted by molar-refractivity contribution is 0.102. The Labute approximate surface area is 169 Å². The molecular weight excluding hydrogens is 393 g/mol. The maximum absolute atomic E-state index is 13.7. The van der Waals surface area contributed by atoms with Crippen LogP contribution in [0, 0.1) is 12.7 Å². The fraction of sp³-hybridized carbons (Fsp3) is 0.100. The Hall–Kier alpha value is -3.46. The first kappa shape index (κ1) is 18.9. The van der Waals surface area contributed by atoms with Gasteiger partial charge in [0.2, 0.25) is 11.7 Å². The van der Waals surface area contributed by atoms with Crippen LogP contribution in [0.25, 0.3) is 11.5 Å². The first-order chi connectivity index (χ1) is 14.0. The van der Waals surface area contributed by atoms with Crippen LogP contribution in [0.15, 0.2) is 69.0 Å². The number of aryl methyl sites for hydroxylation is 2. The van der Waals surface area contributed by atoms with E-state index in [9.17, 15) is 9.18 Å². The maximum Gasteiger partial charge on any atom is 0.258 e. The summed E-state index contributed by atoms with van der Waals surface area (Å²) in [5.41, 5.74) is 1.21. The molecule has 0 fully saturated rings. The summed E-state index contributed by atoms with van der Waals surface area (Å²) in [6.45, 7) is 1.72. The van der Waals surface area contributed by atoms with Crippen LogP contribution in [-0.2, 0) is 7.05 Å². The number of rotatable bonds is 5. The average Bonchev–Trinajstić information content (AvgIpc) is 3.29. The highest BCUT2D eigenvalue weighted by molar-refractivity contribution is 7.99. The number of nitrogens with one attached hydrogen (secondary N) is 1. The van der Waals surface area contributed by atoms with E-state index in [0.717, 1.165) is 9.92 Å². The fourth-order valence-corrected chi connectivity index (χ4v) is 3.49. The van der Waals surface area contributed by atoms with Gasteiger partial charge in [-0.25, -0.2) is 4.39 Å². The summed E-state index contributed by atoms with van der Waals surface area (Å²) in [6.07, 6.45) is 0.